The first-order chi connectivity index (χ1) is 7.53. The minimum Gasteiger partial charge on any atom is -0.311 e. The van der Waals surface area contributed by atoms with Gasteiger partial charge in [0, 0.05) is 19.3 Å². The fraction of sp³-hybridized carbons (Fsp3) is 0.769. The fourth-order valence-electron chi connectivity index (χ4n) is 1.76. The minimum atomic E-state index is 0.451. The molecule has 0 unspecified atom stereocenters. The third-order valence-corrected chi connectivity index (χ3v) is 2.69. The van der Waals surface area contributed by atoms with E-state index in [1.54, 1.807) is 0 Å². The van der Waals surface area contributed by atoms with E-state index in [0.717, 1.165) is 19.6 Å². The topological polar surface area (TPSA) is 29.9 Å². The summed E-state index contributed by atoms with van der Waals surface area (Å²) in [6.07, 6.45) is 4.38. The summed E-state index contributed by atoms with van der Waals surface area (Å²) in [6, 6.07) is 2.08. The number of rotatable bonds is 6. The standard InChI is InChI=1S/C13H25N3/c1-5-16-12(7-10-15-16)11-14-9-6-8-13(2,3)4/h7,10,14H,5-6,8-9,11H2,1-4H3. The first-order valence-electron chi connectivity index (χ1n) is 6.24. The lowest BCUT2D eigenvalue weighted by Gasteiger charge is -2.17. The molecular weight excluding hydrogens is 198 g/mol. The van der Waals surface area contributed by atoms with Gasteiger partial charge in [0.05, 0.1) is 5.69 Å². The SMILES string of the molecule is CCn1nccc1CNCCCC(C)(C)C. The van der Waals surface area contributed by atoms with Gasteiger partial charge in [-0.15, -0.1) is 0 Å². The van der Waals surface area contributed by atoms with Gasteiger partial charge in [-0.2, -0.15) is 5.10 Å². The summed E-state index contributed by atoms with van der Waals surface area (Å²) >= 11 is 0. The van der Waals surface area contributed by atoms with Crippen LogP contribution in [-0.4, -0.2) is 16.3 Å². The maximum absolute atomic E-state index is 4.25. The molecule has 0 aliphatic carbocycles. The van der Waals surface area contributed by atoms with Crippen LogP contribution in [0, 0.1) is 5.41 Å². The highest BCUT2D eigenvalue weighted by Gasteiger charge is 2.08. The summed E-state index contributed by atoms with van der Waals surface area (Å²) < 4.78 is 2.04. The Morgan fingerprint density at radius 2 is 2.12 bits per heavy atom. The first kappa shape index (κ1) is 13.2. The van der Waals surface area contributed by atoms with Crippen molar-refractivity contribution in [3.8, 4) is 0 Å². The van der Waals surface area contributed by atoms with Crippen molar-refractivity contribution in [1.82, 2.24) is 15.1 Å². The molecule has 3 nitrogen and oxygen atoms in total. The van der Waals surface area contributed by atoms with E-state index in [4.69, 9.17) is 0 Å². The van der Waals surface area contributed by atoms with Crippen LogP contribution in [0.2, 0.25) is 0 Å². The second kappa shape index (κ2) is 6.04. The molecule has 1 aromatic rings. The number of nitrogens with one attached hydrogen (secondary N) is 1. The van der Waals surface area contributed by atoms with Crippen molar-refractivity contribution in [2.75, 3.05) is 6.54 Å². The molecule has 1 heterocycles. The molecule has 0 fully saturated rings. The first-order valence-corrected chi connectivity index (χ1v) is 6.24. The zero-order valence-electron chi connectivity index (χ0n) is 11.1. The molecule has 92 valence electrons. The Morgan fingerprint density at radius 3 is 2.75 bits per heavy atom. The number of hydrogen-bond donors (Lipinski definition) is 1. The highest BCUT2D eigenvalue weighted by Crippen LogP contribution is 2.19. The van der Waals surface area contributed by atoms with Gasteiger partial charge in [-0.3, -0.25) is 4.68 Å². The van der Waals surface area contributed by atoms with Gasteiger partial charge in [0.25, 0.3) is 0 Å². The van der Waals surface area contributed by atoms with Gasteiger partial charge in [0.2, 0.25) is 0 Å². The van der Waals surface area contributed by atoms with Gasteiger partial charge in [-0.05, 0) is 37.8 Å². The van der Waals surface area contributed by atoms with Crippen LogP contribution in [0.15, 0.2) is 12.3 Å². The third kappa shape index (κ3) is 4.79. The van der Waals surface area contributed by atoms with Gasteiger partial charge in [-0.25, -0.2) is 0 Å². The van der Waals surface area contributed by atoms with Crippen molar-refractivity contribution in [2.24, 2.45) is 5.41 Å². The molecule has 0 bridgehead atoms. The van der Waals surface area contributed by atoms with Gasteiger partial charge in [0.1, 0.15) is 0 Å². The minimum absolute atomic E-state index is 0.451. The molecule has 0 spiro atoms. The number of aromatic nitrogens is 2. The van der Waals surface area contributed by atoms with Crippen LogP contribution in [0.25, 0.3) is 0 Å². The summed E-state index contributed by atoms with van der Waals surface area (Å²) in [6.45, 7) is 12.0. The van der Waals surface area contributed by atoms with Crippen LogP contribution in [0.5, 0.6) is 0 Å². The van der Waals surface area contributed by atoms with Crippen LogP contribution < -0.4 is 5.32 Å². The van der Waals surface area contributed by atoms with E-state index in [1.165, 1.54) is 18.5 Å². The molecule has 3 heteroatoms. The largest absolute Gasteiger partial charge is 0.311 e. The Labute approximate surface area is 99.2 Å². The van der Waals surface area contributed by atoms with Crippen molar-refractivity contribution < 1.29 is 0 Å². The molecule has 1 aromatic heterocycles. The Balaban J connectivity index is 2.16. The lowest BCUT2D eigenvalue weighted by atomic mass is 9.91. The Morgan fingerprint density at radius 1 is 1.38 bits per heavy atom. The molecular formula is C13H25N3. The van der Waals surface area contributed by atoms with E-state index in [-0.39, 0.29) is 0 Å². The molecule has 1 rings (SSSR count). The highest BCUT2D eigenvalue weighted by atomic mass is 15.3. The number of aryl methyl sites for hydroxylation is 1. The molecule has 0 radical (unpaired) electrons. The van der Waals surface area contributed by atoms with Crippen LogP contribution in [-0.2, 0) is 13.1 Å². The molecule has 0 amide bonds. The van der Waals surface area contributed by atoms with E-state index < -0.39 is 0 Å². The maximum Gasteiger partial charge on any atom is 0.0521 e. The van der Waals surface area contributed by atoms with Crippen LogP contribution in [0.3, 0.4) is 0 Å². The summed E-state index contributed by atoms with van der Waals surface area (Å²) in [4.78, 5) is 0. The van der Waals surface area contributed by atoms with E-state index in [9.17, 15) is 0 Å². The average Bonchev–Trinajstić information content (AvgIpc) is 2.63. The Bertz CT molecular complexity index is 296. The van der Waals surface area contributed by atoms with Crippen molar-refractivity contribution in [1.29, 1.82) is 0 Å². The van der Waals surface area contributed by atoms with Crippen LogP contribution >= 0.6 is 0 Å². The van der Waals surface area contributed by atoms with Crippen LogP contribution in [0.4, 0.5) is 0 Å². The molecule has 0 saturated heterocycles. The molecule has 0 aromatic carbocycles. The van der Waals surface area contributed by atoms with E-state index in [0.29, 0.717) is 5.41 Å². The monoisotopic (exact) mass is 223 g/mol. The van der Waals surface area contributed by atoms with Gasteiger partial charge < -0.3 is 5.32 Å². The van der Waals surface area contributed by atoms with Crippen molar-refractivity contribution >= 4 is 0 Å². The highest BCUT2D eigenvalue weighted by molar-refractivity contribution is 4.99. The summed E-state index contributed by atoms with van der Waals surface area (Å²) in [5.74, 6) is 0. The van der Waals surface area contributed by atoms with E-state index in [1.807, 2.05) is 10.9 Å². The van der Waals surface area contributed by atoms with Crippen molar-refractivity contribution in [3.05, 3.63) is 18.0 Å². The molecule has 0 aliphatic heterocycles. The fourth-order valence-corrected chi connectivity index (χ4v) is 1.76. The molecule has 0 aliphatic rings. The second-order valence-corrected chi connectivity index (χ2v) is 5.48. The van der Waals surface area contributed by atoms with E-state index in [2.05, 4.69) is 44.2 Å². The maximum atomic E-state index is 4.25. The van der Waals surface area contributed by atoms with Gasteiger partial charge in [0.15, 0.2) is 0 Å². The van der Waals surface area contributed by atoms with Gasteiger partial charge >= 0.3 is 0 Å². The smallest absolute Gasteiger partial charge is 0.0521 e. The van der Waals surface area contributed by atoms with Crippen LogP contribution in [0.1, 0.15) is 46.2 Å². The number of nitrogens with zero attached hydrogens (tertiary/aromatic N) is 2. The summed E-state index contributed by atoms with van der Waals surface area (Å²) in [5, 5.41) is 7.72. The Kier molecular flexibility index (Phi) is 5.00. The van der Waals surface area contributed by atoms with E-state index >= 15 is 0 Å². The zero-order valence-corrected chi connectivity index (χ0v) is 11.1. The predicted molar refractivity (Wildman–Crippen MR) is 68.3 cm³/mol. The molecule has 16 heavy (non-hydrogen) atoms. The van der Waals surface area contributed by atoms with Crippen molar-refractivity contribution in [2.45, 2.75) is 53.6 Å². The lowest BCUT2D eigenvalue weighted by molar-refractivity contribution is 0.360. The zero-order chi connectivity index (χ0) is 12.0. The molecule has 1 N–H and O–H groups in total. The normalized spacial score (nSPS) is 12.0. The Hall–Kier alpha value is -0.830. The molecule has 0 saturated carbocycles. The summed E-state index contributed by atoms with van der Waals surface area (Å²) in [7, 11) is 0. The second-order valence-electron chi connectivity index (χ2n) is 5.48. The molecule has 0 atom stereocenters. The average molecular weight is 223 g/mol. The summed E-state index contributed by atoms with van der Waals surface area (Å²) in [5.41, 5.74) is 1.73. The predicted octanol–water partition coefficient (Wildman–Crippen LogP) is 2.82. The third-order valence-electron chi connectivity index (χ3n) is 2.69. The quantitative estimate of drug-likeness (QED) is 0.752. The van der Waals surface area contributed by atoms with Crippen molar-refractivity contribution in [3.63, 3.8) is 0 Å². The lowest BCUT2D eigenvalue weighted by Crippen LogP contribution is -2.19. The van der Waals surface area contributed by atoms with Gasteiger partial charge in [-0.1, -0.05) is 20.8 Å². The number of hydrogen-bond acceptors (Lipinski definition) is 2.